The van der Waals surface area contributed by atoms with Gasteiger partial charge in [0.15, 0.2) is 0 Å². The van der Waals surface area contributed by atoms with Crippen LogP contribution >= 0.6 is 11.6 Å². The van der Waals surface area contributed by atoms with Crippen LogP contribution in [0.5, 0.6) is 0 Å². The molecule has 0 bridgehead atoms. The lowest BCUT2D eigenvalue weighted by molar-refractivity contribution is 0.187. The van der Waals surface area contributed by atoms with Gasteiger partial charge < -0.3 is 0 Å². The third-order valence-electron chi connectivity index (χ3n) is 2.36. The quantitative estimate of drug-likeness (QED) is 0.367. The first-order valence-electron chi connectivity index (χ1n) is 5.93. The Labute approximate surface area is 105 Å². The third-order valence-corrected chi connectivity index (χ3v) is 3.45. The van der Waals surface area contributed by atoms with Crippen molar-refractivity contribution in [1.29, 1.82) is 0 Å². The maximum absolute atomic E-state index is 11.1. The highest BCUT2D eigenvalue weighted by Crippen LogP contribution is 2.20. The molecule has 0 rings (SSSR count). The zero-order valence-electron chi connectivity index (χ0n) is 10.4. The minimum atomic E-state index is -3.41. The molecule has 0 aliphatic heterocycles. The van der Waals surface area contributed by atoms with Gasteiger partial charge in [0.25, 0.3) is 10.1 Å². The average molecular weight is 271 g/mol. The van der Waals surface area contributed by atoms with Crippen molar-refractivity contribution >= 4 is 21.7 Å². The van der Waals surface area contributed by atoms with E-state index in [1.165, 1.54) is 0 Å². The molecule has 98 valence electrons. The van der Waals surface area contributed by atoms with Gasteiger partial charge in [-0.15, -0.1) is 11.6 Å². The topological polar surface area (TPSA) is 43.4 Å². The van der Waals surface area contributed by atoms with Crippen LogP contribution in [0, 0.1) is 0 Å². The van der Waals surface area contributed by atoms with E-state index in [0.717, 1.165) is 44.8 Å². The predicted octanol–water partition coefficient (Wildman–Crippen LogP) is 3.32. The first-order chi connectivity index (χ1) is 7.40. The molecule has 16 heavy (non-hydrogen) atoms. The highest BCUT2D eigenvalue weighted by molar-refractivity contribution is 7.86. The Morgan fingerprint density at radius 1 is 1.12 bits per heavy atom. The standard InChI is InChI=1S/C11H23ClO3S/c1-4-6-7-9-11(10(12)8-5-2)15-16(3,13)14/h10-11H,4-9H2,1-3H3/t10-,11-/m0/s1. The smallest absolute Gasteiger partial charge is 0.264 e. The number of alkyl halides is 1. The van der Waals surface area contributed by atoms with Crippen LogP contribution in [0.4, 0.5) is 0 Å². The van der Waals surface area contributed by atoms with Gasteiger partial charge in [-0.3, -0.25) is 4.18 Å². The average Bonchev–Trinajstić information content (AvgIpc) is 2.15. The van der Waals surface area contributed by atoms with E-state index < -0.39 is 10.1 Å². The Morgan fingerprint density at radius 2 is 1.75 bits per heavy atom. The minimum Gasteiger partial charge on any atom is -0.265 e. The van der Waals surface area contributed by atoms with E-state index in [-0.39, 0.29) is 11.5 Å². The molecular formula is C11H23ClO3S. The molecule has 2 atom stereocenters. The monoisotopic (exact) mass is 270 g/mol. The van der Waals surface area contributed by atoms with Crippen molar-refractivity contribution in [2.45, 2.75) is 63.9 Å². The molecule has 0 aliphatic carbocycles. The van der Waals surface area contributed by atoms with Crippen LogP contribution in [0.15, 0.2) is 0 Å². The van der Waals surface area contributed by atoms with Crippen molar-refractivity contribution in [2.75, 3.05) is 6.26 Å². The predicted molar refractivity (Wildman–Crippen MR) is 68.4 cm³/mol. The fraction of sp³-hybridized carbons (Fsp3) is 1.00. The Kier molecular flexibility index (Phi) is 8.42. The Hall–Kier alpha value is 0.200. The molecule has 0 radical (unpaired) electrons. The van der Waals surface area contributed by atoms with Crippen molar-refractivity contribution in [2.24, 2.45) is 0 Å². The summed E-state index contributed by atoms with van der Waals surface area (Å²) >= 11 is 6.14. The van der Waals surface area contributed by atoms with Crippen LogP contribution in [0.25, 0.3) is 0 Å². The minimum absolute atomic E-state index is 0.211. The number of hydrogen-bond donors (Lipinski definition) is 0. The second-order valence-corrected chi connectivity index (χ2v) is 6.30. The Bertz CT molecular complexity index is 264. The van der Waals surface area contributed by atoms with Crippen LogP contribution in [0.3, 0.4) is 0 Å². The van der Waals surface area contributed by atoms with E-state index in [1.54, 1.807) is 0 Å². The zero-order valence-corrected chi connectivity index (χ0v) is 12.0. The highest BCUT2D eigenvalue weighted by Gasteiger charge is 2.23. The molecule has 0 saturated carbocycles. The second-order valence-electron chi connectivity index (χ2n) is 4.14. The molecule has 0 spiro atoms. The SMILES string of the molecule is CCCCC[C@H](OS(C)(=O)=O)[C@@H](Cl)CCC. The summed E-state index contributed by atoms with van der Waals surface area (Å²) in [6, 6.07) is 0. The molecule has 0 aromatic carbocycles. The fourth-order valence-electron chi connectivity index (χ4n) is 1.57. The molecule has 3 nitrogen and oxygen atoms in total. The molecule has 0 aliphatic rings. The highest BCUT2D eigenvalue weighted by atomic mass is 35.5. The molecule has 0 aromatic rings. The summed E-state index contributed by atoms with van der Waals surface area (Å²) in [6.45, 7) is 4.13. The van der Waals surface area contributed by atoms with Gasteiger partial charge in [0, 0.05) is 0 Å². The van der Waals surface area contributed by atoms with Crippen molar-refractivity contribution in [3.8, 4) is 0 Å². The van der Waals surface area contributed by atoms with E-state index in [9.17, 15) is 8.42 Å². The van der Waals surface area contributed by atoms with Crippen molar-refractivity contribution in [3.05, 3.63) is 0 Å². The zero-order chi connectivity index (χ0) is 12.6. The normalized spacial score (nSPS) is 16.0. The van der Waals surface area contributed by atoms with Gasteiger partial charge in [-0.2, -0.15) is 8.42 Å². The van der Waals surface area contributed by atoms with Crippen LogP contribution in [-0.4, -0.2) is 26.2 Å². The Balaban J connectivity index is 4.26. The molecule has 0 unspecified atom stereocenters. The van der Waals surface area contributed by atoms with Gasteiger partial charge in [0.1, 0.15) is 0 Å². The molecule has 0 saturated heterocycles. The molecule has 0 amide bonds. The Morgan fingerprint density at radius 3 is 2.19 bits per heavy atom. The van der Waals surface area contributed by atoms with Gasteiger partial charge in [-0.05, 0) is 12.8 Å². The van der Waals surface area contributed by atoms with Crippen LogP contribution in [0.1, 0.15) is 52.4 Å². The lowest BCUT2D eigenvalue weighted by Crippen LogP contribution is -2.27. The summed E-state index contributed by atoms with van der Waals surface area (Å²) in [7, 11) is -3.41. The fourth-order valence-corrected chi connectivity index (χ4v) is 2.71. The maximum Gasteiger partial charge on any atom is 0.264 e. The number of halogens is 1. The largest absolute Gasteiger partial charge is 0.265 e. The lowest BCUT2D eigenvalue weighted by atomic mass is 10.1. The summed E-state index contributed by atoms with van der Waals surface area (Å²) in [5.74, 6) is 0. The van der Waals surface area contributed by atoms with E-state index in [2.05, 4.69) is 6.92 Å². The second kappa shape index (κ2) is 8.31. The lowest BCUT2D eigenvalue weighted by Gasteiger charge is -2.21. The maximum atomic E-state index is 11.1. The van der Waals surface area contributed by atoms with Crippen LogP contribution in [0.2, 0.25) is 0 Å². The van der Waals surface area contributed by atoms with Gasteiger partial charge in [-0.25, -0.2) is 0 Å². The van der Waals surface area contributed by atoms with E-state index >= 15 is 0 Å². The first kappa shape index (κ1) is 16.2. The number of unbranched alkanes of at least 4 members (excludes halogenated alkanes) is 2. The molecule has 0 heterocycles. The van der Waals surface area contributed by atoms with E-state index in [1.807, 2.05) is 6.92 Å². The van der Waals surface area contributed by atoms with Crippen LogP contribution < -0.4 is 0 Å². The number of rotatable bonds is 9. The number of hydrogen-bond acceptors (Lipinski definition) is 3. The molecule has 0 aromatic heterocycles. The van der Waals surface area contributed by atoms with Gasteiger partial charge in [-0.1, -0.05) is 39.5 Å². The van der Waals surface area contributed by atoms with Crippen molar-refractivity contribution in [1.82, 2.24) is 0 Å². The van der Waals surface area contributed by atoms with Gasteiger partial charge in [0.2, 0.25) is 0 Å². The summed E-state index contributed by atoms with van der Waals surface area (Å²) in [5, 5.41) is -0.211. The van der Waals surface area contributed by atoms with Crippen molar-refractivity contribution < 1.29 is 12.6 Å². The summed E-state index contributed by atoms with van der Waals surface area (Å²) in [5.41, 5.74) is 0. The summed E-state index contributed by atoms with van der Waals surface area (Å²) < 4.78 is 27.2. The third kappa shape index (κ3) is 8.36. The summed E-state index contributed by atoms with van der Waals surface area (Å²) in [6.07, 6.45) is 6.29. The van der Waals surface area contributed by atoms with Crippen molar-refractivity contribution in [3.63, 3.8) is 0 Å². The van der Waals surface area contributed by atoms with E-state index in [0.29, 0.717) is 0 Å². The molecule has 0 N–H and O–H groups in total. The van der Waals surface area contributed by atoms with E-state index in [4.69, 9.17) is 15.8 Å². The summed E-state index contributed by atoms with van der Waals surface area (Å²) in [4.78, 5) is 0. The first-order valence-corrected chi connectivity index (χ1v) is 8.18. The van der Waals surface area contributed by atoms with Gasteiger partial charge in [0.05, 0.1) is 17.7 Å². The molecule has 0 fully saturated rings. The molecular weight excluding hydrogens is 248 g/mol. The van der Waals surface area contributed by atoms with Crippen LogP contribution in [-0.2, 0) is 14.3 Å². The van der Waals surface area contributed by atoms with Gasteiger partial charge >= 0.3 is 0 Å². The molecule has 5 heteroatoms.